The summed E-state index contributed by atoms with van der Waals surface area (Å²) >= 11 is 0. The molecule has 0 spiro atoms. The zero-order valence-electron chi connectivity index (χ0n) is 18.4. The predicted molar refractivity (Wildman–Crippen MR) is 126 cm³/mol. The molecule has 1 N–H and O–H groups in total. The van der Waals surface area contributed by atoms with Gasteiger partial charge in [0.05, 0.1) is 11.4 Å². The Kier molecular flexibility index (Phi) is 7.44. The van der Waals surface area contributed by atoms with Gasteiger partial charge in [-0.1, -0.05) is 30.3 Å². The van der Waals surface area contributed by atoms with E-state index in [4.69, 9.17) is 9.47 Å². The Balaban J connectivity index is 1.53. The first kappa shape index (κ1) is 22.1. The minimum absolute atomic E-state index is 0.0459. The Hall–Kier alpha value is -3.60. The van der Waals surface area contributed by atoms with Gasteiger partial charge in [0.25, 0.3) is 5.91 Å². The summed E-state index contributed by atoms with van der Waals surface area (Å²) in [6.45, 7) is 8.24. The molecule has 0 heterocycles. The van der Waals surface area contributed by atoms with Crippen LogP contribution in [0.4, 0.5) is 11.4 Å². The zero-order valence-corrected chi connectivity index (χ0v) is 18.4. The van der Waals surface area contributed by atoms with Crippen molar-refractivity contribution in [1.29, 1.82) is 0 Å². The molecule has 5 heteroatoms. The van der Waals surface area contributed by atoms with Gasteiger partial charge in [0.15, 0.2) is 6.61 Å². The lowest BCUT2D eigenvalue weighted by Crippen LogP contribution is -2.20. The number of nitrogens with one attached hydrogen (secondary N) is 1. The van der Waals surface area contributed by atoms with Crippen LogP contribution < -0.4 is 14.8 Å². The molecule has 0 aliphatic carbocycles. The number of hydrogen-bond donors (Lipinski definition) is 1. The third kappa shape index (κ3) is 6.71. The van der Waals surface area contributed by atoms with Crippen molar-refractivity contribution in [1.82, 2.24) is 0 Å². The van der Waals surface area contributed by atoms with Crippen LogP contribution in [-0.2, 0) is 4.79 Å². The van der Waals surface area contributed by atoms with Gasteiger partial charge in [-0.3, -0.25) is 9.79 Å². The summed E-state index contributed by atoms with van der Waals surface area (Å²) < 4.78 is 11.4. The van der Waals surface area contributed by atoms with Gasteiger partial charge < -0.3 is 14.8 Å². The van der Waals surface area contributed by atoms with Crippen molar-refractivity contribution in [3.63, 3.8) is 0 Å². The van der Waals surface area contributed by atoms with E-state index < -0.39 is 0 Å². The molecule has 5 nitrogen and oxygen atoms in total. The zero-order chi connectivity index (χ0) is 22.2. The molecule has 0 saturated heterocycles. The first-order valence-corrected chi connectivity index (χ1v) is 10.2. The second-order valence-electron chi connectivity index (χ2n) is 7.55. The number of para-hydroxylation sites is 1. The molecule has 0 atom stereocenters. The van der Waals surface area contributed by atoms with Gasteiger partial charge in [-0.2, -0.15) is 0 Å². The highest BCUT2D eigenvalue weighted by atomic mass is 16.5. The topological polar surface area (TPSA) is 59.9 Å². The Morgan fingerprint density at radius 2 is 1.58 bits per heavy atom. The predicted octanol–water partition coefficient (Wildman–Crippen LogP) is 5.80. The highest BCUT2D eigenvalue weighted by Crippen LogP contribution is 2.22. The lowest BCUT2D eigenvalue weighted by Gasteiger charge is -2.12. The third-order valence-electron chi connectivity index (χ3n) is 4.71. The number of carbonyl (C=O) groups is 1. The molecule has 0 fully saturated rings. The fraction of sp³-hybridized carbons (Fsp3) is 0.231. The minimum atomic E-state index is -0.209. The van der Waals surface area contributed by atoms with Crippen LogP contribution in [0, 0.1) is 20.8 Å². The monoisotopic (exact) mass is 416 g/mol. The maximum Gasteiger partial charge on any atom is 0.262 e. The standard InChI is InChI=1S/C26H28N2O3/c1-18-8-7-10-22(14-18)31-17-26(29)28-25-13-12-23(15-20(25)3)30-16-21(4)27-24-11-6-5-9-19(24)2/h5-15H,16-17H2,1-4H3,(H,28,29)/b27-21+. The van der Waals surface area contributed by atoms with Crippen LogP contribution >= 0.6 is 0 Å². The smallest absolute Gasteiger partial charge is 0.262 e. The molecule has 0 saturated carbocycles. The average Bonchev–Trinajstić information content (AvgIpc) is 2.74. The number of benzene rings is 3. The summed E-state index contributed by atoms with van der Waals surface area (Å²) in [5.74, 6) is 1.20. The SMILES string of the molecule is C/C(COc1ccc(NC(=O)COc2cccc(C)c2)c(C)c1)=N\c1ccccc1C. The number of hydrogen-bond acceptors (Lipinski definition) is 4. The van der Waals surface area contributed by atoms with Crippen LogP contribution in [0.25, 0.3) is 0 Å². The van der Waals surface area contributed by atoms with Gasteiger partial charge in [-0.15, -0.1) is 0 Å². The van der Waals surface area contributed by atoms with E-state index in [9.17, 15) is 4.79 Å². The number of carbonyl (C=O) groups excluding carboxylic acids is 1. The molecule has 1 amide bonds. The number of aliphatic imine (C=N–C) groups is 1. The lowest BCUT2D eigenvalue weighted by molar-refractivity contribution is -0.118. The van der Waals surface area contributed by atoms with Gasteiger partial charge in [0.1, 0.15) is 18.1 Å². The summed E-state index contributed by atoms with van der Waals surface area (Å²) in [4.78, 5) is 16.9. The number of ether oxygens (including phenoxy) is 2. The van der Waals surface area contributed by atoms with E-state index in [1.165, 1.54) is 0 Å². The van der Waals surface area contributed by atoms with Crippen LogP contribution in [0.5, 0.6) is 11.5 Å². The lowest BCUT2D eigenvalue weighted by atomic mass is 10.2. The van der Waals surface area contributed by atoms with E-state index in [-0.39, 0.29) is 12.5 Å². The van der Waals surface area contributed by atoms with Crippen LogP contribution in [0.3, 0.4) is 0 Å². The molecule has 3 rings (SSSR count). The molecule has 0 unspecified atom stereocenters. The van der Waals surface area contributed by atoms with Crippen molar-refractivity contribution in [2.45, 2.75) is 27.7 Å². The van der Waals surface area contributed by atoms with E-state index in [0.717, 1.165) is 39.5 Å². The van der Waals surface area contributed by atoms with Crippen molar-refractivity contribution >= 4 is 23.0 Å². The van der Waals surface area contributed by atoms with Crippen LogP contribution in [0.2, 0.25) is 0 Å². The fourth-order valence-electron chi connectivity index (χ4n) is 3.02. The fourth-order valence-corrected chi connectivity index (χ4v) is 3.02. The highest BCUT2D eigenvalue weighted by molar-refractivity contribution is 5.92. The molecule has 160 valence electrons. The summed E-state index contributed by atoms with van der Waals surface area (Å²) in [5.41, 5.74) is 5.70. The molecular weight excluding hydrogens is 388 g/mol. The molecule has 31 heavy (non-hydrogen) atoms. The average molecular weight is 417 g/mol. The summed E-state index contributed by atoms with van der Waals surface area (Å²) in [5, 5.41) is 2.88. The molecule has 3 aromatic rings. The van der Waals surface area contributed by atoms with Gasteiger partial charge in [0, 0.05) is 5.69 Å². The first-order chi connectivity index (χ1) is 14.9. The van der Waals surface area contributed by atoms with E-state index in [1.807, 2.05) is 94.4 Å². The Bertz CT molecular complexity index is 1090. The summed E-state index contributed by atoms with van der Waals surface area (Å²) in [6.07, 6.45) is 0. The number of nitrogens with zero attached hydrogens (tertiary/aromatic N) is 1. The molecule has 0 aliphatic heterocycles. The molecule has 0 bridgehead atoms. The van der Waals surface area contributed by atoms with Crippen molar-refractivity contribution in [3.8, 4) is 11.5 Å². The normalized spacial score (nSPS) is 11.2. The molecule has 3 aromatic carbocycles. The highest BCUT2D eigenvalue weighted by Gasteiger charge is 2.08. The number of rotatable bonds is 8. The Morgan fingerprint density at radius 1 is 0.839 bits per heavy atom. The summed E-state index contributed by atoms with van der Waals surface area (Å²) in [7, 11) is 0. The number of aryl methyl sites for hydroxylation is 3. The van der Waals surface area contributed by atoms with Crippen molar-refractivity contribution in [2.24, 2.45) is 4.99 Å². The third-order valence-corrected chi connectivity index (χ3v) is 4.71. The van der Waals surface area contributed by atoms with Crippen molar-refractivity contribution in [3.05, 3.63) is 83.4 Å². The van der Waals surface area contributed by atoms with Gasteiger partial charge in [-0.25, -0.2) is 0 Å². The van der Waals surface area contributed by atoms with Gasteiger partial charge in [0.2, 0.25) is 0 Å². The Morgan fingerprint density at radius 3 is 2.32 bits per heavy atom. The second-order valence-corrected chi connectivity index (χ2v) is 7.55. The molecular formula is C26H28N2O3. The van der Waals surface area contributed by atoms with E-state index in [0.29, 0.717) is 12.4 Å². The van der Waals surface area contributed by atoms with E-state index >= 15 is 0 Å². The quantitative estimate of drug-likeness (QED) is 0.472. The van der Waals surface area contributed by atoms with E-state index in [2.05, 4.69) is 10.3 Å². The van der Waals surface area contributed by atoms with Gasteiger partial charge in [-0.05, 0) is 80.8 Å². The summed E-state index contributed by atoms with van der Waals surface area (Å²) in [6, 6.07) is 21.2. The maximum absolute atomic E-state index is 12.2. The maximum atomic E-state index is 12.2. The largest absolute Gasteiger partial charge is 0.488 e. The number of amides is 1. The second kappa shape index (κ2) is 10.4. The van der Waals surface area contributed by atoms with Crippen LogP contribution in [0.15, 0.2) is 71.7 Å². The van der Waals surface area contributed by atoms with Gasteiger partial charge >= 0.3 is 0 Å². The molecule has 0 aromatic heterocycles. The first-order valence-electron chi connectivity index (χ1n) is 10.2. The molecule has 0 aliphatic rings. The van der Waals surface area contributed by atoms with E-state index in [1.54, 1.807) is 0 Å². The minimum Gasteiger partial charge on any atom is -0.488 e. The van der Waals surface area contributed by atoms with Crippen molar-refractivity contribution in [2.75, 3.05) is 18.5 Å². The van der Waals surface area contributed by atoms with Crippen LogP contribution in [-0.4, -0.2) is 24.8 Å². The molecule has 0 radical (unpaired) electrons. The van der Waals surface area contributed by atoms with Crippen molar-refractivity contribution < 1.29 is 14.3 Å². The number of anilines is 1. The van der Waals surface area contributed by atoms with Crippen LogP contribution in [0.1, 0.15) is 23.6 Å². The Labute approximate surface area is 183 Å².